The van der Waals surface area contributed by atoms with Crippen LogP contribution in [-0.2, 0) is 10.0 Å². The van der Waals surface area contributed by atoms with E-state index < -0.39 is 15.3 Å². The smallest absolute Gasteiger partial charge is 0.271 e. The summed E-state index contributed by atoms with van der Waals surface area (Å²) in [6.45, 7) is 0. The van der Waals surface area contributed by atoms with Gasteiger partial charge in [0.05, 0.1) is 9.92 Å². The number of carbonyl (C=O) groups excluding carboxylic acids is 1. The second-order valence-electron chi connectivity index (χ2n) is 3.40. The maximum absolute atomic E-state index is 12.3. The monoisotopic (exact) mass is 303 g/mol. The summed E-state index contributed by atoms with van der Waals surface area (Å²) < 4.78 is 25.3. The van der Waals surface area contributed by atoms with E-state index in [-0.39, 0.29) is 15.6 Å². The lowest BCUT2D eigenvalue weighted by molar-refractivity contribution is 0.107. The van der Waals surface area contributed by atoms with Crippen LogP contribution in [0, 0.1) is 0 Å². The Morgan fingerprint density at radius 3 is 2.28 bits per heavy atom. The maximum atomic E-state index is 12.3. The average molecular weight is 304 g/mol. The van der Waals surface area contributed by atoms with E-state index in [0.29, 0.717) is 0 Å². The summed E-state index contributed by atoms with van der Waals surface area (Å²) in [5.74, 6) is 0. The number of nitrogens with zero attached hydrogens (tertiary/aromatic N) is 1. The Hall–Kier alpha value is -1.30. The van der Waals surface area contributed by atoms with Crippen molar-refractivity contribution in [3.63, 3.8) is 0 Å². The van der Waals surface area contributed by atoms with Crippen LogP contribution in [0.3, 0.4) is 0 Å². The Labute approximate surface area is 114 Å². The quantitative estimate of drug-likeness (QED) is 0.819. The van der Waals surface area contributed by atoms with Crippen LogP contribution < -0.4 is 0 Å². The van der Waals surface area contributed by atoms with E-state index >= 15 is 0 Å². The molecule has 0 aliphatic carbocycles. The van der Waals surface area contributed by atoms with Crippen molar-refractivity contribution in [2.24, 2.45) is 0 Å². The van der Waals surface area contributed by atoms with Gasteiger partial charge in [-0.05, 0) is 29.8 Å². The Kier molecular flexibility index (Phi) is 3.47. The highest BCUT2D eigenvalue weighted by molar-refractivity contribution is 7.90. The van der Waals surface area contributed by atoms with E-state index in [9.17, 15) is 13.2 Å². The third-order valence-electron chi connectivity index (χ3n) is 2.29. The second kappa shape index (κ2) is 4.76. The zero-order chi connectivity index (χ0) is 13.3. The summed E-state index contributed by atoms with van der Waals surface area (Å²) in [4.78, 5) is 11.3. The molecule has 0 aliphatic heterocycles. The zero-order valence-electron chi connectivity index (χ0n) is 8.88. The number of benzene rings is 1. The molecule has 1 heterocycles. The summed E-state index contributed by atoms with van der Waals surface area (Å²) in [6, 6.07) is 9.00. The highest BCUT2D eigenvalue weighted by Gasteiger charge is 2.24. The van der Waals surface area contributed by atoms with Gasteiger partial charge in [0, 0.05) is 6.20 Å². The van der Waals surface area contributed by atoms with Crippen molar-refractivity contribution in [2.75, 3.05) is 0 Å². The molecule has 0 amide bonds. The van der Waals surface area contributed by atoms with Gasteiger partial charge in [-0.3, -0.25) is 4.79 Å². The molecule has 0 aliphatic rings. The second-order valence-corrected chi connectivity index (χ2v) is 5.97. The topological polar surface area (TPSA) is 56.1 Å². The fourth-order valence-corrected chi connectivity index (χ4v) is 3.42. The van der Waals surface area contributed by atoms with Gasteiger partial charge in [0.1, 0.15) is 5.69 Å². The first-order valence-electron chi connectivity index (χ1n) is 4.82. The van der Waals surface area contributed by atoms with Crippen LogP contribution in [0.15, 0.2) is 47.5 Å². The summed E-state index contributed by atoms with van der Waals surface area (Å²) >= 11 is 11.1. The van der Waals surface area contributed by atoms with Gasteiger partial charge in [-0.2, -0.15) is 0 Å². The summed E-state index contributed by atoms with van der Waals surface area (Å²) in [7, 11) is -3.87. The molecule has 4 nitrogen and oxygen atoms in total. The Morgan fingerprint density at radius 2 is 1.72 bits per heavy atom. The van der Waals surface area contributed by atoms with Crippen LogP contribution in [0.2, 0.25) is 5.02 Å². The minimum absolute atomic E-state index is 0.00509. The van der Waals surface area contributed by atoms with E-state index in [1.807, 2.05) is 0 Å². The van der Waals surface area contributed by atoms with Gasteiger partial charge in [-0.15, -0.1) is 0 Å². The van der Waals surface area contributed by atoms with Crippen LogP contribution in [0.4, 0.5) is 0 Å². The molecule has 0 N–H and O–H groups in total. The lowest BCUT2D eigenvalue weighted by Crippen LogP contribution is -2.16. The lowest BCUT2D eigenvalue weighted by Gasteiger charge is -2.08. The number of halogens is 2. The normalized spacial score (nSPS) is 11.4. The van der Waals surface area contributed by atoms with Crippen molar-refractivity contribution < 1.29 is 13.2 Å². The first-order valence-corrected chi connectivity index (χ1v) is 7.01. The van der Waals surface area contributed by atoms with Crippen LogP contribution >= 0.6 is 23.2 Å². The number of rotatable bonds is 3. The molecule has 2 aromatic rings. The van der Waals surface area contributed by atoms with E-state index in [1.54, 1.807) is 18.2 Å². The predicted molar refractivity (Wildman–Crippen MR) is 68.7 cm³/mol. The molecule has 0 fully saturated rings. The van der Waals surface area contributed by atoms with Crippen molar-refractivity contribution in [2.45, 2.75) is 4.90 Å². The predicted octanol–water partition coefficient (Wildman–Crippen LogP) is 2.76. The third kappa shape index (κ3) is 2.16. The SMILES string of the molecule is O=C(Cl)c1c(Cl)ccn1S(=O)(=O)c1ccccc1. The van der Waals surface area contributed by atoms with Crippen molar-refractivity contribution in [3.05, 3.63) is 53.3 Å². The first kappa shape index (κ1) is 13.1. The van der Waals surface area contributed by atoms with Gasteiger partial charge in [0.25, 0.3) is 15.3 Å². The van der Waals surface area contributed by atoms with Gasteiger partial charge >= 0.3 is 0 Å². The maximum Gasteiger partial charge on any atom is 0.271 e. The van der Waals surface area contributed by atoms with Gasteiger partial charge in [0.2, 0.25) is 0 Å². The molecule has 7 heteroatoms. The van der Waals surface area contributed by atoms with Crippen molar-refractivity contribution in [1.82, 2.24) is 3.97 Å². The molecule has 1 aromatic heterocycles. The molecule has 0 bridgehead atoms. The summed E-state index contributed by atoms with van der Waals surface area (Å²) in [6.07, 6.45) is 1.19. The molecule has 1 aromatic carbocycles. The van der Waals surface area contributed by atoms with Gasteiger partial charge < -0.3 is 0 Å². The third-order valence-corrected chi connectivity index (χ3v) is 4.46. The van der Waals surface area contributed by atoms with Crippen molar-refractivity contribution in [1.29, 1.82) is 0 Å². The molecule has 0 spiro atoms. The highest BCUT2D eigenvalue weighted by atomic mass is 35.5. The molecule has 2 rings (SSSR count). The fourth-order valence-electron chi connectivity index (χ4n) is 1.48. The molecule has 94 valence electrons. The largest absolute Gasteiger partial charge is 0.274 e. The Balaban J connectivity index is 2.67. The Morgan fingerprint density at radius 1 is 1.11 bits per heavy atom. The highest BCUT2D eigenvalue weighted by Crippen LogP contribution is 2.24. The van der Waals surface area contributed by atoms with Crippen molar-refractivity contribution in [3.8, 4) is 0 Å². The number of carbonyl (C=O) groups is 1. The molecular formula is C11H7Cl2NO3S. The molecule has 0 saturated heterocycles. The number of hydrogen-bond donors (Lipinski definition) is 0. The molecule has 0 radical (unpaired) electrons. The van der Waals surface area contributed by atoms with Crippen LogP contribution in [0.25, 0.3) is 0 Å². The summed E-state index contributed by atoms with van der Waals surface area (Å²) in [5.41, 5.74) is -0.262. The van der Waals surface area contributed by atoms with Crippen LogP contribution in [0.1, 0.15) is 10.5 Å². The number of aromatic nitrogens is 1. The molecule has 0 saturated carbocycles. The van der Waals surface area contributed by atoms with E-state index in [2.05, 4.69) is 0 Å². The number of hydrogen-bond acceptors (Lipinski definition) is 3. The Bertz CT molecular complexity index is 692. The standard InChI is InChI=1S/C11H7Cl2NO3S/c12-9-6-7-14(10(9)11(13)15)18(16,17)8-4-2-1-3-5-8/h1-7H. The molecular weight excluding hydrogens is 297 g/mol. The minimum Gasteiger partial charge on any atom is -0.274 e. The average Bonchev–Trinajstić information content (AvgIpc) is 2.73. The minimum atomic E-state index is -3.87. The van der Waals surface area contributed by atoms with Crippen LogP contribution in [-0.4, -0.2) is 17.6 Å². The fraction of sp³-hybridized carbons (Fsp3) is 0. The van der Waals surface area contributed by atoms with E-state index in [1.165, 1.54) is 24.4 Å². The van der Waals surface area contributed by atoms with Gasteiger partial charge in [-0.1, -0.05) is 29.8 Å². The molecule has 0 atom stereocenters. The van der Waals surface area contributed by atoms with Gasteiger partial charge in [-0.25, -0.2) is 12.4 Å². The van der Waals surface area contributed by atoms with E-state index in [0.717, 1.165) is 3.97 Å². The lowest BCUT2D eigenvalue weighted by atomic mass is 10.4. The first-order chi connectivity index (χ1) is 8.44. The van der Waals surface area contributed by atoms with Crippen molar-refractivity contribution >= 4 is 38.5 Å². The molecule has 18 heavy (non-hydrogen) atoms. The van der Waals surface area contributed by atoms with Gasteiger partial charge in [0.15, 0.2) is 0 Å². The zero-order valence-corrected chi connectivity index (χ0v) is 11.2. The summed E-state index contributed by atoms with van der Waals surface area (Å²) in [5, 5.41) is -0.931. The van der Waals surface area contributed by atoms with Crippen LogP contribution in [0.5, 0.6) is 0 Å². The molecule has 0 unspecified atom stereocenters. The van der Waals surface area contributed by atoms with E-state index in [4.69, 9.17) is 23.2 Å².